The molecule has 0 saturated heterocycles. The van der Waals surface area contributed by atoms with Gasteiger partial charge in [0, 0.05) is 38.4 Å². The summed E-state index contributed by atoms with van der Waals surface area (Å²) < 4.78 is 15.6. The normalized spacial score (nSPS) is 11.7. The van der Waals surface area contributed by atoms with E-state index in [9.17, 15) is 4.39 Å². The maximum Gasteiger partial charge on any atom is 0.191 e. The zero-order valence-electron chi connectivity index (χ0n) is 14.5. The molecular formula is C17H23BrFN5. The number of aryl methyl sites for hydroxylation is 2. The summed E-state index contributed by atoms with van der Waals surface area (Å²) >= 11 is 3.21. The minimum atomic E-state index is -0.244. The molecule has 7 heteroatoms. The molecule has 0 unspecified atom stereocenters. The monoisotopic (exact) mass is 395 g/mol. The highest BCUT2D eigenvalue weighted by Crippen LogP contribution is 2.17. The summed E-state index contributed by atoms with van der Waals surface area (Å²) in [6.45, 7) is 5.45. The molecule has 0 spiro atoms. The van der Waals surface area contributed by atoms with Crippen LogP contribution in [-0.2, 0) is 20.0 Å². The summed E-state index contributed by atoms with van der Waals surface area (Å²) in [6, 6.07) is 5.07. The molecule has 5 nitrogen and oxygen atoms in total. The average Bonchev–Trinajstić information content (AvgIpc) is 2.79. The zero-order valence-corrected chi connectivity index (χ0v) is 16.0. The summed E-state index contributed by atoms with van der Waals surface area (Å²) in [4.78, 5) is 4.23. The van der Waals surface area contributed by atoms with Crippen molar-refractivity contribution < 1.29 is 4.39 Å². The Morgan fingerprint density at radius 2 is 2.08 bits per heavy atom. The molecule has 2 aromatic rings. The van der Waals surface area contributed by atoms with Crippen LogP contribution in [0.4, 0.5) is 4.39 Å². The smallest absolute Gasteiger partial charge is 0.191 e. The van der Waals surface area contributed by atoms with Crippen LogP contribution >= 0.6 is 15.9 Å². The Labute approximate surface area is 150 Å². The average molecular weight is 396 g/mol. The van der Waals surface area contributed by atoms with Crippen molar-refractivity contribution in [3.8, 4) is 0 Å². The molecule has 0 saturated carbocycles. The van der Waals surface area contributed by atoms with E-state index in [1.807, 2.05) is 18.7 Å². The Morgan fingerprint density at radius 3 is 2.67 bits per heavy atom. The molecule has 2 N–H and O–H groups in total. The SMILES string of the molecule is CN=C(NCCc1ccc(F)c(Br)c1)NCc1c(C)nn(C)c1C. The lowest BCUT2D eigenvalue weighted by Crippen LogP contribution is -2.38. The maximum atomic E-state index is 13.2. The largest absolute Gasteiger partial charge is 0.356 e. The number of rotatable bonds is 5. The molecule has 1 heterocycles. The van der Waals surface area contributed by atoms with E-state index in [1.54, 1.807) is 19.2 Å². The quantitative estimate of drug-likeness (QED) is 0.604. The van der Waals surface area contributed by atoms with Crippen LogP contribution in [0.15, 0.2) is 27.7 Å². The van der Waals surface area contributed by atoms with E-state index in [-0.39, 0.29) is 5.82 Å². The highest BCUT2D eigenvalue weighted by molar-refractivity contribution is 9.10. The summed E-state index contributed by atoms with van der Waals surface area (Å²) in [5.41, 5.74) is 4.41. The van der Waals surface area contributed by atoms with Gasteiger partial charge in [-0.2, -0.15) is 5.10 Å². The fraction of sp³-hybridized carbons (Fsp3) is 0.412. The van der Waals surface area contributed by atoms with Crippen molar-refractivity contribution in [2.75, 3.05) is 13.6 Å². The summed E-state index contributed by atoms with van der Waals surface area (Å²) in [5, 5.41) is 11.0. The number of nitrogens with zero attached hydrogens (tertiary/aromatic N) is 3. The fourth-order valence-electron chi connectivity index (χ4n) is 2.49. The lowest BCUT2D eigenvalue weighted by Gasteiger charge is -2.12. The predicted octanol–water partition coefficient (Wildman–Crippen LogP) is 2.85. The second-order valence-electron chi connectivity index (χ2n) is 5.62. The van der Waals surface area contributed by atoms with Gasteiger partial charge < -0.3 is 10.6 Å². The third kappa shape index (κ3) is 4.56. The second-order valence-corrected chi connectivity index (χ2v) is 6.48. The first-order chi connectivity index (χ1) is 11.4. The van der Waals surface area contributed by atoms with Gasteiger partial charge in [0.15, 0.2) is 5.96 Å². The highest BCUT2D eigenvalue weighted by Gasteiger charge is 2.09. The first-order valence-corrected chi connectivity index (χ1v) is 8.59. The highest BCUT2D eigenvalue weighted by atomic mass is 79.9. The Morgan fingerprint density at radius 1 is 1.33 bits per heavy atom. The molecule has 1 aromatic carbocycles. The number of nitrogens with one attached hydrogen (secondary N) is 2. The fourth-order valence-corrected chi connectivity index (χ4v) is 2.91. The second kappa shape index (κ2) is 8.28. The standard InChI is InChI=1S/C17H23BrFN5/c1-11-14(12(2)24(4)23-11)10-22-17(20-3)21-8-7-13-5-6-16(19)15(18)9-13/h5-6,9H,7-8,10H2,1-4H3,(H2,20,21,22). The molecular weight excluding hydrogens is 373 g/mol. The van der Waals surface area contributed by atoms with Crippen LogP contribution < -0.4 is 10.6 Å². The van der Waals surface area contributed by atoms with Gasteiger partial charge in [0.1, 0.15) is 5.82 Å². The van der Waals surface area contributed by atoms with Gasteiger partial charge in [-0.25, -0.2) is 4.39 Å². The van der Waals surface area contributed by atoms with Crippen molar-refractivity contribution in [3.05, 3.63) is 51.0 Å². The molecule has 130 valence electrons. The zero-order chi connectivity index (χ0) is 17.7. The van der Waals surface area contributed by atoms with E-state index < -0.39 is 0 Å². The number of aromatic nitrogens is 2. The van der Waals surface area contributed by atoms with Crippen LogP contribution in [0.25, 0.3) is 0 Å². The summed E-state index contributed by atoms with van der Waals surface area (Å²) in [7, 11) is 3.69. The molecule has 0 fully saturated rings. The molecule has 0 radical (unpaired) electrons. The lowest BCUT2D eigenvalue weighted by molar-refractivity contribution is 0.620. The van der Waals surface area contributed by atoms with E-state index in [0.29, 0.717) is 17.6 Å². The van der Waals surface area contributed by atoms with Crippen molar-refractivity contribution in [1.82, 2.24) is 20.4 Å². The summed E-state index contributed by atoms with van der Waals surface area (Å²) in [6.07, 6.45) is 0.782. The first-order valence-electron chi connectivity index (χ1n) is 7.80. The number of aliphatic imine (C=N–C) groups is 1. The number of hydrogen-bond donors (Lipinski definition) is 2. The molecule has 2 rings (SSSR count). The molecule has 0 aliphatic rings. The third-order valence-corrected chi connectivity index (χ3v) is 4.61. The Kier molecular flexibility index (Phi) is 6.36. The lowest BCUT2D eigenvalue weighted by atomic mass is 10.1. The minimum Gasteiger partial charge on any atom is -0.356 e. The van der Waals surface area contributed by atoms with Crippen LogP contribution in [0.5, 0.6) is 0 Å². The molecule has 24 heavy (non-hydrogen) atoms. The molecule has 0 atom stereocenters. The van der Waals surface area contributed by atoms with Crippen LogP contribution in [0.2, 0.25) is 0 Å². The van der Waals surface area contributed by atoms with Crippen LogP contribution in [0.1, 0.15) is 22.5 Å². The van der Waals surface area contributed by atoms with Gasteiger partial charge in [0.25, 0.3) is 0 Å². The van der Waals surface area contributed by atoms with Crippen molar-refractivity contribution in [3.63, 3.8) is 0 Å². The molecule has 1 aromatic heterocycles. The van der Waals surface area contributed by atoms with Gasteiger partial charge in [-0.05, 0) is 53.9 Å². The van der Waals surface area contributed by atoms with Crippen molar-refractivity contribution in [2.24, 2.45) is 12.0 Å². The number of benzene rings is 1. The van der Waals surface area contributed by atoms with Gasteiger partial charge in [0.2, 0.25) is 0 Å². The van der Waals surface area contributed by atoms with Gasteiger partial charge in [-0.3, -0.25) is 9.67 Å². The van der Waals surface area contributed by atoms with E-state index >= 15 is 0 Å². The molecule has 0 amide bonds. The van der Waals surface area contributed by atoms with E-state index in [1.165, 1.54) is 11.6 Å². The maximum absolute atomic E-state index is 13.2. The Balaban J connectivity index is 1.85. The van der Waals surface area contributed by atoms with Crippen molar-refractivity contribution in [2.45, 2.75) is 26.8 Å². The van der Waals surface area contributed by atoms with Gasteiger partial charge >= 0.3 is 0 Å². The van der Waals surface area contributed by atoms with Crippen LogP contribution in [0, 0.1) is 19.7 Å². The van der Waals surface area contributed by atoms with Gasteiger partial charge in [-0.1, -0.05) is 6.07 Å². The van der Waals surface area contributed by atoms with E-state index in [0.717, 1.165) is 29.3 Å². The summed E-state index contributed by atoms with van der Waals surface area (Å²) in [5.74, 6) is 0.491. The first kappa shape index (κ1) is 18.4. The predicted molar refractivity (Wildman–Crippen MR) is 98.7 cm³/mol. The van der Waals surface area contributed by atoms with E-state index in [2.05, 4.69) is 43.6 Å². The Bertz CT molecular complexity index is 739. The van der Waals surface area contributed by atoms with E-state index in [4.69, 9.17) is 0 Å². The molecule has 0 aliphatic heterocycles. The van der Waals surface area contributed by atoms with Crippen molar-refractivity contribution in [1.29, 1.82) is 0 Å². The third-order valence-electron chi connectivity index (χ3n) is 4.01. The Hall–Kier alpha value is -1.89. The van der Waals surface area contributed by atoms with Crippen molar-refractivity contribution >= 4 is 21.9 Å². The van der Waals surface area contributed by atoms with Gasteiger partial charge in [-0.15, -0.1) is 0 Å². The number of hydrogen-bond acceptors (Lipinski definition) is 2. The van der Waals surface area contributed by atoms with Crippen LogP contribution in [-0.4, -0.2) is 29.3 Å². The molecule has 0 bridgehead atoms. The molecule has 0 aliphatic carbocycles. The number of halogens is 2. The van der Waals surface area contributed by atoms with Gasteiger partial charge in [0.05, 0.1) is 10.2 Å². The number of guanidine groups is 1. The van der Waals surface area contributed by atoms with Crippen LogP contribution in [0.3, 0.4) is 0 Å². The minimum absolute atomic E-state index is 0.244. The topological polar surface area (TPSA) is 54.2 Å².